The number of nitrogens with zero attached hydrogens (tertiary/aromatic N) is 3. The van der Waals surface area contributed by atoms with Crippen molar-refractivity contribution in [3.63, 3.8) is 0 Å². The predicted molar refractivity (Wildman–Crippen MR) is 159 cm³/mol. The van der Waals surface area contributed by atoms with Crippen molar-refractivity contribution in [1.82, 2.24) is 19.9 Å². The van der Waals surface area contributed by atoms with Crippen molar-refractivity contribution >= 4 is 56.5 Å². The van der Waals surface area contributed by atoms with Crippen molar-refractivity contribution in [3.8, 4) is 11.6 Å². The molecule has 0 unspecified atom stereocenters. The molecule has 0 spiro atoms. The number of nitrogens with one attached hydrogen (secondary N) is 5. The van der Waals surface area contributed by atoms with Crippen LogP contribution in [0.5, 0.6) is 11.6 Å². The van der Waals surface area contributed by atoms with Crippen molar-refractivity contribution in [2.75, 3.05) is 48.8 Å². The molecule has 6 N–H and O–H groups in total. The smallest absolute Gasteiger partial charge is 0.351 e. The number of aromatic amines is 3. The molecule has 0 atom stereocenters. The molecule has 210 valence electrons. The van der Waals surface area contributed by atoms with Crippen LogP contribution in [0.25, 0.3) is 21.8 Å². The zero-order valence-corrected chi connectivity index (χ0v) is 22.9. The second kappa shape index (κ2) is 10.3. The molecule has 11 nitrogen and oxygen atoms in total. The Morgan fingerprint density at radius 2 is 1.98 bits per heavy atom. The molecule has 2 aromatic carbocycles. The molecule has 7 rings (SSSR count). The van der Waals surface area contributed by atoms with Crippen LogP contribution in [0.2, 0.25) is 0 Å². The lowest BCUT2D eigenvalue weighted by Gasteiger charge is -2.31. The van der Waals surface area contributed by atoms with Crippen LogP contribution >= 0.6 is 0 Å². The normalized spacial score (nSPS) is 15.4. The van der Waals surface area contributed by atoms with E-state index in [0.29, 0.717) is 41.7 Å². The number of hydrogen-bond acceptors (Lipinski definition) is 7. The third-order valence-electron chi connectivity index (χ3n) is 8.05. The van der Waals surface area contributed by atoms with Crippen LogP contribution in [0.3, 0.4) is 0 Å². The molecule has 3 aromatic heterocycles. The first-order valence-electron chi connectivity index (χ1n) is 14.0. The predicted octanol–water partition coefficient (Wildman–Crippen LogP) is 4.43. The lowest BCUT2D eigenvalue weighted by atomic mass is 10.00. The Kier molecular flexibility index (Phi) is 6.35. The van der Waals surface area contributed by atoms with Gasteiger partial charge in [-0.25, -0.2) is 4.98 Å². The van der Waals surface area contributed by atoms with E-state index in [-0.39, 0.29) is 11.8 Å². The first-order chi connectivity index (χ1) is 20.1. The third kappa shape index (κ3) is 4.67. The number of rotatable bonds is 7. The van der Waals surface area contributed by atoms with Gasteiger partial charge in [0.05, 0.1) is 35.8 Å². The Labute approximate surface area is 236 Å². The number of hydrogen-bond donors (Lipinski definition) is 5. The van der Waals surface area contributed by atoms with Crippen molar-refractivity contribution in [3.05, 3.63) is 54.4 Å². The molecular weight excluding hydrogens is 520 g/mol. The van der Waals surface area contributed by atoms with Gasteiger partial charge in [-0.1, -0.05) is 17.1 Å². The van der Waals surface area contributed by atoms with Crippen LogP contribution in [0.1, 0.15) is 24.8 Å². The fraction of sp³-hybridized carbons (Fsp3) is 0.300. The molecule has 1 fully saturated rings. The van der Waals surface area contributed by atoms with Gasteiger partial charge in [-0.15, -0.1) is 0 Å². The van der Waals surface area contributed by atoms with E-state index in [1.807, 2.05) is 47.5 Å². The molecule has 0 saturated carbocycles. The SMILES string of the molecule is COc1cc2c(cc1Nc1nc(Nc3cccc4c[nH]c(O)c34)c3cc[nH]c3[nH+]1)N(C(=O)CN1CCCC1)CCC2. The number of likely N-dealkylation sites (tertiary alicyclic amines) is 1. The fourth-order valence-electron chi connectivity index (χ4n) is 6.03. The van der Waals surface area contributed by atoms with Gasteiger partial charge in [0.25, 0.3) is 0 Å². The Morgan fingerprint density at radius 1 is 1.10 bits per heavy atom. The number of ether oxygens (including phenoxy) is 1. The Hall–Kier alpha value is -4.77. The van der Waals surface area contributed by atoms with Crippen LogP contribution in [0.15, 0.2) is 48.8 Å². The molecule has 2 aliphatic rings. The number of carbonyl (C=O) groups excluding carboxylic acids is 1. The third-order valence-corrected chi connectivity index (χ3v) is 8.05. The minimum absolute atomic E-state index is 0.0943. The van der Waals surface area contributed by atoms with Crippen LogP contribution in [-0.4, -0.2) is 64.2 Å². The summed E-state index contributed by atoms with van der Waals surface area (Å²) in [5.41, 5.74) is 4.23. The summed E-state index contributed by atoms with van der Waals surface area (Å²) in [7, 11) is 1.65. The van der Waals surface area contributed by atoms with Crippen LogP contribution in [0.4, 0.5) is 28.8 Å². The number of aromatic nitrogens is 4. The number of fused-ring (bicyclic) bond motifs is 3. The Bertz CT molecular complexity index is 1750. The highest BCUT2D eigenvalue weighted by Crippen LogP contribution is 2.38. The number of benzene rings is 2. The monoisotopic (exact) mass is 553 g/mol. The van der Waals surface area contributed by atoms with Crippen molar-refractivity contribution in [2.24, 2.45) is 0 Å². The van der Waals surface area contributed by atoms with E-state index in [1.54, 1.807) is 13.3 Å². The van der Waals surface area contributed by atoms with E-state index < -0.39 is 0 Å². The summed E-state index contributed by atoms with van der Waals surface area (Å²) in [5, 5.41) is 19.6. The molecule has 11 heteroatoms. The average molecular weight is 554 g/mol. The summed E-state index contributed by atoms with van der Waals surface area (Å²) in [6, 6.07) is 11.7. The largest absolute Gasteiger partial charge is 0.494 e. The summed E-state index contributed by atoms with van der Waals surface area (Å²) >= 11 is 0. The summed E-state index contributed by atoms with van der Waals surface area (Å²) < 4.78 is 5.77. The number of amides is 1. The van der Waals surface area contributed by atoms with Crippen molar-refractivity contribution < 1.29 is 19.6 Å². The van der Waals surface area contributed by atoms with Crippen LogP contribution < -0.4 is 25.3 Å². The van der Waals surface area contributed by atoms with Crippen LogP contribution in [-0.2, 0) is 11.2 Å². The van der Waals surface area contributed by atoms with Crippen molar-refractivity contribution in [2.45, 2.75) is 25.7 Å². The van der Waals surface area contributed by atoms with E-state index >= 15 is 0 Å². The maximum Gasteiger partial charge on any atom is 0.351 e. The summed E-state index contributed by atoms with van der Waals surface area (Å²) in [6.45, 7) is 3.12. The Morgan fingerprint density at radius 3 is 2.83 bits per heavy atom. The second-order valence-corrected chi connectivity index (χ2v) is 10.7. The number of anilines is 5. The lowest BCUT2D eigenvalue weighted by molar-refractivity contribution is -0.333. The van der Waals surface area contributed by atoms with Gasteiger partial charge in [-0.3, -0.25) is 20.0 Å². The molecule has 1 saturated heterocycles. The van der Waals surface area contributed by atoms with Gasteiger partial charge in [0.1, 0.15) is 5.69 Å². The molecule has 41 heavy (non-hydrogen) atoms. The van der Waals surface area contributed by atoms with E-state index in [4.69, 9.17) is 9.72 Å². The number of methoxy groups -OCH3 is 1. The molecule has 0 radical (unpaired) electrons. The molecule has 5 heterocycles. The molecule has 2 aliphatic heterocycles. The summed E-state index contributed by atoms with van der Waals surface area (Å²) in [4.78, 5) is 31.8. The highest BCUT2D eigenvalue weighted by Gasteiger charge is 2.28. The van der Waals surface area contributed by atoms with Crippen LogP contribution in [0, 0.1) is 0 Å². The van der Waals surface area contributed by atoms with Gasteiger partial charge in [-0.05, 0) is 62.5 Å². The number of H-pyrrole nitrogens is 3. The first kappa shape index (κ1) is 25.2. The number of aromatic hydroxyl groups is 1. The lowest BCUT2D eigenvalue weighted by Crippen LogP contribution is -2.42. The highest BCUT2D eigenvalue weighted by molar-refractivity contribution is 6.01. The van der Waals surface area contributed by atoms with E-state index in [0.717, 1.165) is 72.1 Å². The summed E-state index contributed by atoms with van der Waals surface area (Å²) in [5.74, 6) is 2.00. The Balaban J connectivity index is 1.23. The molecule has 5 aromatic rings. The quantitative estimate of drug-likeness (QED) is 0.201. The number of aryl methyl sites for hydroxylation is 1. The zero-order chi connectivity index (χ0) is 27.9. The molecule has 0 bridgehead atoms. The van der Waals surface area contributed by atoms with Gasteiger partial charge in [0, 0.05) is 30.4 Å². The minimum Gasteiger partial charge on any atom is -0.494 e. The maximum atomic E-state index is 13.4. The molecular formula is C30H33N8O3+. The minimum atomic E-state index is 0.0943. The molecule has 1 amide bonds. The topological polar surface area (TPSA) is 136 Å². The zero-order valence-electron chi connectivity index (χ0n) is 22.9. The maximum absolute atomic E-state index is 13.4. The van der Waals surface area contributed by atoms with Gasteiger partial charge in [0.2, 0.25) is 17.4 Å². The second-order valence-electron chi connectivity index (χ2n) is 10.7. The average Bonchev–Trinajstić information content (AvgIpc) is 3.75. The van der Waals surface area contributed by atoms with Gasteiger partial charge in [0.15, 0.2) is 11.6 Å². The van der Waals surface area contributed by atoms with Gasteiger partial charge >= 0.3 is 5.95 Å². The number of carbonyl (C=O) groups is 1. The highest BCUT2D eigenvalue weighted by atomic mass is 16.5. The summed E-state index contributed by atoms with van der Waals surface area (Å²) in [6.07, 6.45) is 7.73. The van der Waals surface area contributed by atoms with E-state index in [9.17, 15) is 9.90 Å². The van der Waals surface area contributed by atoms with Gasteiger partial charge in [-0.2, -0.15) is 0 Å². The molecule has 0 aliphatic carbocycles. The fourth-order valence-corrected chi connectivity index (χ4v) is 6.03. The van der Waals surface area contributed by atoms with E-state index in [2.05, 4.69) is 30.5 Å². The van der Waals surface area contributed by atoms with Gasteiger partial charge < -0.3 is 25.0 Å². The standard InChI is InChI=1S/C30H32N8O3/c1-41-24-14-18-7-5-13-38(25(39)17-37-11-2-3-12-37)23(18)15-22(24)34-30-35-27-20(9-10-31-27)28(36-30)33-21-8-4-6-19-16-32-29(40)26(19)21/h4,6,8-10,14-16,32,40H,2-3,5,7,11-13,17H2,1H3,(H3,31,33,34,35,36)/p+1. The van der Waals surface area contributed by atoms with E-state index in [1.165, 1.54) is 0 Å². The van der Waals surface area contributed by atoms with Crippen molar-refractivity contribution in [1.29, 1.82) is 0 Å². The first-order valence-corrected chi connectivity index (χ1v) is 14.0.